The van der Waals surface area contributed by atoms with Gasteiger partial charge in [-0.2, -0.15) is 0 Å². The summed E-state index contributed by atoms with van der Waals surface area (Å²) in [5.41, 5.74) is 1.62. The Morgan fingerprint density at radius 3 is 2.22 bits per heavy atom. The van der Waals surface area contributed by atoms with Gasteiger partial charge in [0.05, 0.1) is 11.6 Å². The van der Waals surface area contributed by atoms with Crippen LogP contribution in [0, 0.1) is 0 Å². The minimum absolute atomic E-state index is 0.502. The Bertz CT molecular complexity index is 824. The minimum Gasteiger partial charge on any atom is -0.459 e. The molecule has 2 aromatic carbocycles. The normalized spacial score (nSPS) is 10.8. The fourth-order valence-corrected chi connectivity index (χ4v) is 3.18. The van der Waals surface area contributed by atoms with Crippen LogP contribution in [0.5, 0.6) is 0 Å². The number of furan rings is 1. The SMILES string of the molecule is Clc1cc(Cl)cc(NCc2ccc(-c3ccc(Cl)cc3Cl)o2)c1. The Labute approximate surface area is 153 Å². The molecule has 0 spiro atoms. The highest BCUT2D eigenvalue weighted by Gasteiger charge is 2.09. The van der Waals surface area contributed by atoms with Gasteiger partial charge in [-0.15, -0.1) is 0 Å². The second kappa shape index (κ2) is 7.06. The average Bonchev–Trinajstić information content (AvgIpc) is 2.93. The molecule has 2 nitrogen and oxygen atoms in total. The lowest BCUT2D eigenvalue weighted by molar-refractivity contribution is 0.531. The third-order valence-electron chi connectivity index (χ3n) is 3.19. The Morgan fingerprint density at radius 1 is 0.783 bits per heavy atom. The molecule has 0 fully saturated rings. The maximum absolute atomic E-state index is 6.19. The molecular formula is C17H11Cl4NO. The maximum Gasteiger partial charge on any atom is 0.135 e. The summed E-state index contributed by atoms with van der Waals surface area (Å²) in [6, 6.07) is 14.3. The highest BCUT2D eigenvalue weighted by atomic mass is 35.5. The van der Waals surface area contributed by atoms with Crippen LogP contribution in [0.3, 0.4) is 0 Å². The third-order valence-corrected chi connectivity index (χ3v) is 4.17. The van der Waals surface area contributed by atoms with E-state index in [9.17, 15) is 0 Å². The van der Waals surface area contributed by atoms with E-state index in [1.165, 1.54) is 0 Å². The Kier molecular flexibility index (Phi) is 5.08. The van der Waals surface area contributed by atoms with Gasteiger partial charge in [0.15, 0.2) is 0 Å². The quantitative estimate of drug-likeness (QED) is 0.513. The first-order chi connectivity index (χ1) is 11.0. The number of halogens is 4. The standard InChI is InChI=1S/C17H11Cl4NO/c18-10-1-3-15(16(21)8-10)17-4-2-14(23-17)9-22-13-6-11(19)5-12(20)7-13/h1-8,22H,9H2. The zero-order valence-corrected chi connectivity index (χ0v) is 14.8. The van der Waals surface area contributed by atoms with Crippen molar-refractivity contribution in [1.29, 1.82) is 0 Å². The molecule has 3 aromatic rings. The molecule has 0 aliphatic rings. The number of nitrogens with one attached hydrogen (secondary N) is 1. The summed E-state index contributed by atoms with van der Waals surface area (Å²) < 4.78 is 5.82. The largest absolute Gasteiger partial charge is 0.459 e. The van der Waals surface area contributed by atoms with Crippen LogP contribution in [0.2, 0.25) is 20.1 Å². The average molecular weight is 387 g/mol. The van der Waals surface area contributed by atoms with Crippen LogP contribution < -0.4 is 5.32 Å². The van der Waals surface area contributed by atoms with Crippen molar-refractivity contribution in [2.45, 2.75) is 6.54 Å². The smallest absolute Gasteiger partial charge is 0.135 e. The van der Waals surface area contributed by atoms with E-state index in [2.05, 4.69) is 5.32 Å². The Hall–Kier alpha value is -1.32. The number of benzene rings is 2. The molecule has 0 radical (unpaired) electrons. The van der Waals surface area contributed by atoms with Gasteiger partial charge in [-0.1, -0.05) is 46.4 Å². The fraction of sp³-hybridized carbons (Fsp3) is 0.0588. The van der Waals surface area contributed by atoms with Gasteiger partial charge < -0.3 is 9.73 Å². The topological polar surface area (TPSA) is 25.2 Å². The third kappa shape index (κ3) is 4.15. The number of anilines is 1. The summed E-state index contributed by atoms with van der Waals surface area (Å²) in [7, 11) is 0. The van der Waals surface area contributed by atoms with Crippen LogP contribution in [0.25, 0.3) is 11.3 Å². The number of hydrogen-bond acceptors (Lipinski definition) is 2. The van der Waals surface area contributed by atoms with E-state index < -0.39 is 0 Å². The first-order valence-corrected chi connectivity index (χ1v) is 8.26. The van der Waals surface area contributed by atoms with Crippen LogP contribution in [0.15, 0.2) is 52.9 Å². The van der Waals surface area contributed by atoms with E-state index in [0.717, 1.165) is 17.0 Å². The van der Waals surface area contributed by atoms with Crippen molar-refractivity contribution < 1.29 is 4.42 Å². The molecular weight excluding hydrogens is 376 g/mol. The predicted molar refractivity (Wildman–Crippen MR) is 98.0 cm³/mol. The zero-order valence-electron chi connectivity index (χ0n) is 11.7. The molecule has 0 bridgehead atoms. The van der Waals surface area contributed by atoms with Crippen molar-refractivity contribution in [1.82, 2.24) is 0 Å². The summed E-state index contributed by atoms with van der Waals surface area (Å²) in [4.78, 5) is 0. The second-order valence-corrected chi connectivity index (χ2v) is 6.62. The fourth-order valence-electron chi connectivity index (χ4n) is 2.15. The molecule has 23 heavy (non-hydrogen) atoms. The van der Waals surface area contributed by atoms with Crippen LogP contribution in [-0.2, 0) is 6.54 Å². The van der Waals surface area contributed by atoms with Crippen molar-refractivity contribution in [3.63, 3.8) is 0 Å². The summed E-state index contributed by atoms with van der Waals surface area (Å²) in [5, 5.41) is 5.51. The maximum atomic E-state index is 6.19. The molecule has 1 heterocycles. The summed E-state index contributed by atoms with van der Waals surface area (Å²) in [6.07, 6.45) is 0. The zero-order chi connectivity index (χ0) is 16.4. The Morgan fingerprint density at radius 2 is 1.52 bits per heavy atom. The molecule has 6 heteroatoms. The first kappa shape index (κ1) is 16.5. The van der Waals surface area contributed by atoms with E-state index >= 15 is 0 Å². The summed E-state index contributed by atoms with van der Waals surface area (Å²) in [5.74, 6) is 1.45. The van der Waals surface area contributed by atoms with Crippen LogP contribution >= 0.6 is 46.4 Å². The monoisotopic (exact) mass is 385 g/mol. The van der Waals surface area contributed by atoms with Gasteiger partial charge in [0.1, 0.15) is 11.5 Å². The van der Waals surface area contributed by atoms with Crippen molar-refractivity contribution in [3.05, 3.63) is 74.4 Å². The highest BCUT2D eigenvalue weighted by Crippen LogP contribution is 2.31. The van der Waals surface area contributed by atoms with E-state index in [4.69, 9.17) is 50.8 Å². The van der Waals surface area contributed by atoms with Gasteiger partial charge in [-0.05, 0) is 48.5 Å². The minimum atomic E-state index is 0.502. The van der Waals surface area contributed by atoms with Crippen molar-refractivity contribution in [2.75, 3.05) is 5.32 Å². The van der Waals surface area contributed by atoms with E-state index in [0.29, 0.717) is 32.4 Å². The lowest BCUT2D eigenvalue weighted by Gasteiger charge is -2.06. The molecule has 1 N–H and O–H groups in total. The molecule has 3 rings (SSSR count). The Balaban J connectivity index is 1.74. The molecule has 118 valence electrons. The van der Waals surface area contributed by atoms with E-state index in [1.54, 1.807) is 30.3 Å². The predicted octanol–water partition coefficient (Wildman–Crippen LogP) is 7.17. The van der Waals surface area contributed by atoms with Gasteiger partial charge in [0.25, 0.3) is 0 Å². The van der Waals surface area contributed by atoms with Crippen molar-refractivity contribution in [2.24, 2.45) is 0 Å². The van der Waals surface area contributed by atoms with Crippen LogP contribution in [0.1, 0.15) is 5.76 Å². The molecule has 0 atom stereocenters. The van der Waals surface area contributed by atoms with Crippen molar-refractivity contribution >= 4 is 52.1 Å². The molecule has 0 aliphatic heterocycles. The highest BCUT2D eigenvalue weighted by molar-refractivity contribution is 6.36. The second-order valence-electron chi connectivity index (χ2n) is 4.90. The number of rotatable bonds is 4. The van der Waals surface area contributed by atoms with Gasteiger partial charge in [-0.3, -0.25) is 0 Å². The van der Waals surface area contributed by atoms with Crippen LogP contribution in [-0.4, -0.2) is 0 Å². The molecule has 0 saturated heterocycles. The van der Waals surface area contributed by atoms with Crippen LogP contribution in [0.4, 0.5) is 5.69 Å². The first-order valence-electron chi connectivity index (χ1n) is 6.75. The molecule has 0 saturated carbocycles. The van der Waals surface area contributed by atoms with Gasteiger partial charge in [0, 0.05) is 26.3 Å². The van der Waals surface area contributed by atoms with Gasteiger partial charge in [-0.25, -0.2) is 0 Å². The van der Waals surface area contributed by atoms with E-state index in [1.807, 2.05) is 18.2 Å². The lowest BCUT2D eigenvalue weighted by Crippen LogP contribution is -1.97. The van der Waals surface area contributed by atoms with Crippen molar-refractivity contribution in [3.8, 4) is 11.3 Å². The summed E-state index contributed by atoms with van der Waals surface area (Å²) in [6.45, 7) is 0.502. The lowest BCUT2D eigenvalue weighted by atomic mass is 10.2. The van der Waals surface area contributed by atoms with Gasteiger partial charge in [0.2, 0.25) is 0 Å². The van der Waals surface area contributed by atoms with Gasteiger partial charge >= 0.3 is 0 Å². The van der Waals surface area contributed by atoms with E-state index in [-0.39, 0.29) is 0 Å². The molecule has 1 aromatic heterocycles. The summed E-state index contributed by atoms with van der Waals surface area (Å²) >= 11 is 24.0. The molecule has 0 amide bonds. The molecule has 0 unspecified atom stereocenters. The molecule has 0 aliphatic carbocycles. The number of hydrogen-bond donors (Lipinski definition) is 1.